The zero-order valence-electron chi connectivity index (χ0n) is 18.7. The summed E-state index contributed by atoms with van der Waals surface area (Å²) < 4.78 is 12.0. The summed E-state index contributed by atoms with van der Waals surface area (Å²) in [6.07, 6.45) is 14.2. The Labute approximate surface area is 182 Å². The van der Waals surface area contributed by atoms with E-state index in [-0.39, 0.29) is 0 Å². The molecule has 0 aromatic heterocycles. The summed E-state index contributed by atoms with van der Waals surface area (Å²) in [6, 6.07) is 0. The normalized spacial score (nSPS) is 17.7. The molecule has 1 saturated heterocycles. The molecule has 1 fully saturated rings. The maximum Gasteiger partial charge on any atom is 0.193 e. The molecule has 0 atom stereocenters. The molecule has 29 heavy (non-hydrogen) atoms. The second-order valence-corrected chi connectivity index (χ2v) is 7.84. The third-order valence-electron chi connectivity index (χ3n) is 4.56. The zero-order valence-corrected chi connectivity index (χ0v) is 19.5. The fourth-order valence-corrected chi connectivity index (χ4v) is 3.98. The van der Waals surface area contributed by atoms with Crippen LogP contribution in [-0.2, 0) is 9.47 Å². The molecule has 0 saturated carbocycles. The first-order valence-electron chi connectivity index (χ1n) is 10.6. The van der Waals surface area contributed by atoms with Crippen LogP contribution in [0, 0.1) is 0 Å². The number of aliphatic imine (C=N–C) groups is 1. The van der Waals surface area contributed by atoms with Crippen molar-refractivity contribution in [1.29, 1.82) is 0 Å². The van der Waals surface area contributed by atoms with Gasteiger partial charge in [-0.05, 0) is 50.5 Å². The van der Waals surface area contributed by atoms with Gasteiger partial charge in [0, 0.05) is 44.6 Å². The predicted octanol–water partition coefficient (Wildman–Crippen LogP) is 5.76. The van der Waals surface area contributed by atoms with Gasteiger partial charge in [0.15, 0.2) is 5.90 Å². The molecule has 0 bridgehead atoms. The van der Waals surface area contributed by atoms with Crippen LogP contribution in [0.4, 0.5) is 0 Å². The first-order chi connectivity index (χ1) is 14.2. The molecule has 1 aliphatic heterocycles. The summed E-state index contributed by atoms with van der Waals surface area (Å²) in [4.78, 5) is 6.82. The van der Waals surface area contributed by atoms with Gasteiger partial charge in [-0.2, -0.15) is 11.8 Å². The molecule has 0 aromatic rings. The van der Waals surface area contributed by atoms with Gasteiger partial charge in [-0.1, -0.05) is 31.7 Å². The van der Waals surface area contributed by atoms with Crippen LogP contribution in [0.1, 0.15) is 40.0 Å². The lowest BCUT2D eigenvalue weighted by Crippen LogP contribution is -2.33. The summed E-state index contributed by atoms with van der Waals surface area (Å²) >= 11 is 2.05. The van der Waals surface area contributed by atoms with Gasteiger partial charge in [-0.15, -0.1) is 0 Å². The van der Waals surface area contributed by atoms with Crippen LogP contribution in [0.5, 0.6) is 0 Å². The van der Waals surface area contributed by atoms with Crippen molar-refractivity contribution in [2.45, 2.75) is 40.0 Å². The Balaban J connectivity index is 2.58. The molecule has 0 unspecified atom stereocenters. The van der Waals surface area contributed by atoms with Crippen molar-refractivity contribution >= 4 is 17.7 Å². The quantitative estimate of drug-likeness (QED) is 0.133. The lowest BCUT2D eigenvalue weighted by molar-refractivity contribution is 0.190. The average molecular weight is 419 g/mol. The number of thioether (sulfide) groups is 1. The van der Waals surface area contributed by atoms with Gasteiger partial charge in [-0.25, -0.2) is 0 Å². The van der Waals surface area contributed by atoms with Crippen molar-refractivity contribution in [2.75, 3.05) is 44.8 Å². The highest BCUT2D eigenvalue weighted by atomic mass is 32.2. The first-order valence-corrected chi connectivity index (χ1v) is 11.7. The fourth-order valence-electron chi connectivity index (χ4n) is 3.00. The van der Waals surface area contributed by atoms with Gasteiger partial charge in [-0.3, -0.25) is 4.99 Å². The third kappa shape index (κ3) is 10.6. The Morgan fingerprint density at radius 1 is 1.24 bits per heavy atom. The first kappa shape index (κ1) is 25.3. The van der Waals surface area contributed by atoms with E-state index in [2.05, 4.69) is 47.3 Å². The fraction of sp³-hybridized carbons (Fsp3) is 0.542. The van der Waals surface area contributed by atoms with Crippen molar-refractivity contribution in [3.05, 3.63) is 60.1 Å². The Morgan fingerprint density at radius 2 is 2.00 bits per heavy atom. The van der Waals surface area contributed by atoms with E-state index in [1.165, 1.54) is 30.2 Å². The van der Waals surface area contributed by atoms with Crippen molar-refractivity contribution in [3.63, 3.8) is 0 Å². The number of ether oxygens (including phenoxy) is 2. The van der Waals surface area contributed by atoms with Crippen LogP contribution in [0.3, 0.4) is 0 Å². The Bertz CT molecular complexity index is 627. The molecule has 0 aromatic carbocycles. The minimum atomic E-state index is 0.623. The maximum atomic E-state index is 6.10. The highest BCUT2D eigenvalue weighted by Crippen LogP contribution is 2.18. The summed E-state index contributed by atoms with van der Waals surface area (Å²) in [5, 5.41) is 0. The van der Waals surface area contributed by atoms with Crippen LogP contribution in [0.2, 0.25) is 0 Å². The second-order valence-electron chi connectivity index (χ2n) is 6.62. The molecular formula is C24H38N2O2S. The van der Waals surface area contributed by atoms with Crippen molar-refractivity contribution < 1.29 is 9.47 Å². The molecule has 1 rings (SSSR count). The van der Waals surface area contributed by atoms with E-state index in [0.717, 1.165) is 37.5 Å². The highest BCUT2D eigenvalue weighted by Gasteiger charge is 2.10. The second kappa shape index (κ2) is 16.1. The van der Waals surface area contributed by atoms with Crippen LogP contribution < -0.4 is 0 Å². The van der Waals surface area contributed by atoms with E-state index in [0.29, 0.717) is 12.3 Å². The Kier molecular flexibility index (Phi) is 14.1. The molecule has 1 heterocycles. The number of nitrogens with zero attached hydrogens (tertiary/aromatic N) is 2. The van der Waals surface area contributed by atoms with Gasteiger partial charge >= 0.3 is 0 Å². The summed E-state index contributed by atoms with van der Waals surface area (Å²) in [7, 11) is 1.75. The molecule has 0 amide bonds. The summed E-state index contributed by atoms with van der Waals surface area (Å²) in [5.74, 6) is 4.87. The van der Waals surface area contributed by atoms with Crippen molar-refractivity contribution in [1.82, 2.24) is 4.90 Å². The smallest absolute Gasteiger partial charge is 0.193 e. The zero-order chi connectivity index (χ0) is 21.3. The topological polar surface area (TPSA) is 34.1 Å². The minimum absolute atomic E-state index is 0.623. The number of rotatable bonds is 12. The molecule has 5 heteroatoms. The molecule has 4 nitrogen and oxygen atoms in total. The molecule has 0 aliphatic carbocycles. The lowest BCUT2D eigenvalue weighted by atomic mass is 10.1. The van der Waals surface area contributed by atoms with Crippen LogP contribution in [0.25, 0.3) is 0 Å². The molecule has 1 aliphatic rings. The van der Waals surface area contributed by atoms with Crippen molar-refractivity contribution in [3.8, 4) is 0 Å². The van der Waals surface area contributed by atoms with E-state index in [4.69, 9.17) is 9.47 Å². The number of hydrogen-bond acceptors (Lipinski definition) is 5. The van der Waals surface area contributed by atoms with E-state index in [1.807, 2.05) is 32.1 Å². The number of allylic oxidation sites excluding steroid dienone is 6. The van der Waals surface area contributed by atoms with Gasteiger partial charge in [0.1, 0.15) is 11.5 Å². The van der Waals surface area contributed by atoms with Gasteiger partial charge in [0.05, 0.1) is 6.61 Å². The van der Waals surface area contributed by atoms with E-state index < -0.39 is 0 Å². The van der Waals surface area contributed by atoms with E-state index in [1.54, 1.807) is 13.1 Å². The van der Waals surface area contributed by atoms with Crippen LogP contribution >= 0.6 is 11.8 Å². The molecule has 0 N–H and O–H groups in total. The van der Waals surface area contributed by atoms with E-state index >= 15 is 0 Å². The van der Waals surface area contributed by atoms with Crippen LogP contribution in [-0.4, -0.2) is 55.6 Å². The molecule has 162 valence electrons. The number of hydrogen-bond donors (Lipinski definition) is 0. The molecular weight excluding hydrogens is 380 g/mol. The Morgan fingerprint density at radius 3 is 2.59 bits per heavy atom. The predicted molar refractivity (Wildman–Crippen MR) is 129 cm³/mol. The maximum absolute atomic E-state index is 6.10. The third-order valence-corrected chi connectivity index (χ3v) is 5.50. The summed E-state index contributed by atoms with van der Waals surface area (Å²) in [6.45, 7) is 14.1. The SMILES string of the molecule is C=C/C=C(\C=C/C)O/C(C/C=C(CC)\C(=C/C)OCCCN1CCSCC1)=N/C. The standard InChI is InChI=1S/C24H38N2O2S/c1-6-11-22(12-7-2)28-24(25-5)14-13-21(8-3)23(9-4)27-18-10-15-26-16-19-29-20-17-26/h6-7,9,11-13H,1,8,10,14-20H2,2-5H3/b12-7-,21-13-,22-11+,23-9+,25-24+. The highest BCUT2D eigenvalue weighted by molar-refractivity contribution is 7.99. The minimum Gasteiger partial charge on any atom is -0.494 e. The monoisotopic (exact) mass is 418 g/mol. The molecule has 0 spiro atoms. The van der Waals surface area contributed by atoms with Gasteiger partial charge in [0.2, 0.25) is 0 Å². The van der Waals surface area contributed by atoms with Crippen molar-refractivity contribution in [2.24, 2.45) is 4.99 Å². The molecule has 0 radical (unpaired) electrons. The van der Waals surface area contributed by atoms with Crippen LogP contribution in [0.15, 0.2) is 65.1 Å². The largest absolute Gasteiger partial charge is 0.494 e. The lowest BCUT2D eigenvalue weighted by Gasteiger charge is -2.26. The van der Waals surface area contributed by atoms with Gasteiger partial charge < -0.3 is 14.4 Å². The van der Waals surface area contributed by atoms with E-state index in [9.17, 15) is 0 Å². The average Bonchev–Trinajstić information content (AvgIpc) is 2.75. The Hall–Kier alpha value is -1.72. The van der Waals surface area contributed by atoms with Gasteiger partial charge in [0.25, 0.3) is 0 Å². The summed E-state index contributed by atoms with van der Waals surface area (Å²) in [5.41, 5.74) is 1.19.